The molecule has 0 rings (SSSR count). The highest BCUT2D eigenvalue weighted by atomic mass is 32.2. The molecule has 1 atom stereocenters. The molecule has 0 fully saturated rings. The maximum Gasteiger partial charge on any atom is 0.283 e. The van der Waals surface area contributed by atoms with E-state index in [1.54, 1.807) is 0 Å². The lowest BCUT2D eigenvalue weighted by molar-refractivity contribution is 0.478. The van der Waals surface area contributed by atoms with E-state index in [0.29, 0.717) is 0 Å². The molecule has 0 saturated heterocycles. The van der Waals surface area contributed by atoms with Crippen LogP contribution in [0, 0.1) is 11.3 Å². The fraction of sp³-hybridized carbons (Fsp3) is 0.667. The molecule has 0 radical (unpaired) electrons. The predicted molar refractivity (Wildman–Crippen MR) is 42.7 cm³/mol. The summed E-state index contributed by atoms with van der Waals surface area (Å²) in [5.74, 6) is 0. The SMILES string of the molecule is N#CC(C(S)S)S(=O)(=O)O. The Balaban J connectivity index is 4.60. The number of thiol groups is 2. The van der Waals surface area contributed by atoms with Gasteiger partial charge in [-0.25, -0.2) is 0 Å². The average Bonchev–Trinajstić information content (AvgIpc) is 1.60. The molecule has 4 nitrogen and oxygen atoms in total. The van der Waals surface area contributed by atoms with Gasteiger partial charge in [-0.2, -0.15) is 38.9 Å². The van der Waals surface area contributed by atoms with E-state index in [1.807, 2.05) is 0 Å². The van der Waals surface area contributed by atoms with Crippen molar-refractivity contribution in [2.24, 2.45) is 0 Å². The normalized spacial score (nSPS) is 14.7. The van der Waals surface area contributed by atoms with Crippen molar-refractivity contribution in [3.8, 4) is 6.07 Å². The zero-order valence-electron chi connectivity index (χ0n) is 4.67. The van der Waals surface area contributed by atoms with Crippen LogP contribution in [0.5, 0.6) is 0 Å². The van der Waals surface area contributed by atoms with Gasteiger partial charge < -0.3 is 0 Å². The molecular formula is C3H5NO3S3. The molecule has 0 amide bonds. The van der Waals surface area contributed by atoms with Crippen LogP contribution in [0.4, 0.5) is 0 Å². The van der Waals surface area contributed by atoms with Gasteiger partial charge in [-0.05, 0) is 0 Å². The van der Waals surface area contributed by atoms with Crippen molar-refractivity contribution in [2.45, 2.75) is 9.83 Å². The Hall–Kier alpha value is 0.1000. The van der Waals surface area contributed by atoms with Crippen molar-refractivity contribution >= 4 is 35.4 Å². The van der Waals surface area contributed by atoms with Gasteiger partial charge in [0.05, 0.1) is 10.7 Å². The van der Waals surface area contributed by atoms with Crippen LogP contribution < -0.4 is 0 Å². The van der Waals surface area contributed by atoms with Gasteiger partial charge >= 0.3 is 0 Å². The zero-order valence-corrected chi connectivity index (χ0v) is 7.27. The number of nitrogens with zero attached hydrogens (tertiary/aromatic N) is 1. The van der Waals surface area contributed by atoms with Crippen molar-refractivity contribution in [3.63, 3.8) is 0 Å². The van der Waals surface area contributed by atoms with Crippen LogP contribution in [0.25, 0.3) is 0 Å². The van der Waals surface area contributed by atoms with Gasteiger partial charge in [0.2, 0.25) is 0 Å². The molecule has 10 heavy (non-hydrogen) atoms. The van der Waals surface area contributed by atoms with E-state index >= 15 is 0 Å². The van der Waals surface area contributed by atoms with Crippen molar-refractivity contribution in [3.05, 3.63) is 0 Å². The topological polar surface area (TPSA) is 78.2 Å². The van der Waals surface area contributed by atoms with E-state index < -0.39 is 20.0 Å². The van der Waals surface area contributed by atoms with Gasteiger partial charge in [-0.15, -0.1) is 0 Å². The van der Waals surface area contributed by atoms with E-state index in [-0.39, 0.29) is 0 Å². The smallest absolute Gasteiger partial charge is 0.283 e. The summed E-state index contributed by atoms with van der Waals surface area (Å²) >= 11 is 7.14. The summed E-state index contributed by atoms with van der Waals surface area (Å²) in [4.78, 5) is 0. The molecular weight excluding hydrogens is 194 g/mol. The first-order chi connectivity index (χ1) is 4.39. The average molecular weight is 199 g/mol. The molecule has 7 heteroatoms. The minimum atomic E-state index is -4.33. The first-order valence-corrected chi connectivity index (χ1v) is 4.65. The Morgan fingerprint density at radius 3 is 1.90 bits per heavy atom. The lowest BCUT2D eigenvalue weighted by atomic mass is 10.5. The quantitative estimate of drug-likeness (QED) is 0.331. The molecule has 0 saturated carbocycles. The van der Waals surface area contributed by atoms with Gasteiger partial charge in [-0.1, -0.05) is 0 Å². The Morgan fingerprint density at radius 1 is 1.50 bits per heavy atom. The summed E-state index contributed by atoms with van der Waals surface area (Å²) in [6.45, 7) is 0. The zero-order chi connectivity index (χ0) is 8.36. The van der Waals surface area contributed by atoms with E-state index in [0.717, 1.165) is 0 Å². The number of hydrogen-bond donors (Lipinski definition) is 3. The van der Waals surface area contributed by atoms with Crippen LogP contribution in [0.15, 0.2) is 0 Å². The third-order valence-corrected chi connectivity index (χ3v) is 2.74. The van der Waals surface area contributed by atoms with E-state index in [1.165, 1.54) is 6.07 Å². The maximum atomic E-state index is 10.2. The molecule has 0 aliphatic heterocycles. The van der Waals surface area contributed by atoms with Crippen molar-refractivity contribution in [1.29, 1.82) is 5.26 Å². The third kappa shape index (κ3) is 2.79. The second-order valence-corrected chi connectivity index (χ2v) is 4.54. The molecule has 0 spiro atoms. The van der Waals surface area contributed by atoms with Crippen molar-refractivity contribution < 1.29 is 13.0 Å². The number of nitriles is 1. The summed E-state index contributed by atoms with van der Waals surface area (Å²) in [7, 11) is -4.33. The molecule has 0 aliphatic carbocycles. The summed E-state index contributed by atoms with van der Waals surface area (Å²) in [5, 5.41) is 6.57. The first-order valence-electron chi connectivity index (χ1n) is 2.11. The third-order valence-electron chi connectivity index (χ3n) is 0.719. The molecule has 0 aromatic rings. The van der Waals surface area contributed by atoms with Crippen LogP contribution in [0.2, 0.25) is 0 Å². The van der Waals surface area contributed by atoms with Crippen LogP contribution in [-0.4, -0.2) is 22.8 Å². The summed E-state index contributed by atoms with van der Waals surface area (Å²) < 4.78 is 27.8. The largest absolute Gasteiger partial charge is 0.284 e. The summed E-state index contributed by atoms with van der Waals surface area (Å²) in [6.07, 6.45) is 0. The van der Waals surface area contributed by atoms with Crippen LogP contribution in [-0.2, 0) is 10.1 Å². The van der Waals surface area contributed by atoms with E-state index in [4.69, 9.17) is 9.81 Å². The van der Waals surface area contributed by atoms with Gasteiger partial charge in [0.15, 0.2) is 5.25 Å². The summed E-state index contributed by atoms with van der Waals surface area (Å²) in [5.41, 5.74) is 0. The van der Waals surface area contributed by atoms with E-state index in [9.17, 15) is 8.42 Å². The Labute approximate surface area is 69.8 Å². The van der Waals surface area contributed by atoms with Gasteiger partial charge in [-0.3, -0.25) is 4.55 Å². The van der Waals surface area contributed by atoms with E-state index in [2.05, 4.69) is 25.3 Å². The molecule has 1 unspecified atom stereocenters. The second kappa shape index (κ2) is 3.48. The van der Waals surface area contributed by atoms with Crippen LogP contribution in [0.1, 0.15) is 0 Å². The maximum absolute atomic E-state index is 10.2. The molecule has 0 heterocycles. The second-order valence-electron chi connectivity index (χ2n) is 1.48. The number of hydrogen-bond acceptors (Lipinski definition) is 5. The van der Waals surface area contributed by atoms with Gasteiger partial charge in [0, 0.05) is 0 Å². The number of rotatable bonds is 2. The predicted octanol–water partition coefficient (Wildman–Crippen LogP) is -0.0479. The molecule has 1 N–H and O–H groups in total. The minimum absolute atomic E-state index is 0.986. The Morgan fingerprint density at radius 2 is 1.90 bits per heavy atom. The van der Waals surface area contributed by atoms with Crippen LogP contribution >= 0.6 is 25.3 Å². The fourth-order valence-electron chi connectivity index (χ4n) is 0.287. The summed E-state index contributed by atoms with van der Waals surface area (Å²) in [6, 6.07) is 1.35. The Kier molecular flexibility index (Phi) is 3.51. The standard InChI is InChI=1S/C3H5NO3S3/c4-1-2(3(8)9)10(5,6)7/h2-3,8-9H,(H,5,6,7). The highest BCUT2D eigenvalue weighted by molar-refractivity contribution is 8.01. The highest BCUT2D eigenvalue weighted by Crippen LogP contribution is 2.12. The first kappa shape index (κ1) is 10.1. The van der Waals surface area contributed by atoms with Crippen LogP contribution in [0.3, 0.4) is 0 Å². The minimum Gasteiger partial charge on any atom is -0.284 e. The molecule has 58 valence electrons. The molecule has 0 aromatic carbocycles. The molecule has 0 aromatic heterocycles. The van der Waals surface area contributed by atoms with Crippen molar-refractivity contribution in [1.82, 2.24) is 0 Å². The molecule has 0 aliphatic rings. The lowest BCUT2D eigenvalue weighted by Crippen LogP contribution is -2.25. The Bertz CT molecular complexity index is 238. The fourth-order valence-corrected chi connectivity index (χ4v) is 1.78. The van der Waals surface area contributed by atoms with Crippen molar-refractivity contribution in [2.75, 3.05) is 0 Å². The lowest BCUT2D eigenvalue weighted by Gasteiger charge is -2.05. The molecule has 0 bridgehead atoms. The van der Waals surface area contributed by atoms with Gasteiger partial charge in [0.1, 0.15) is 0 Å². The highest BCUT2D eigenvalue weighted by Gasteiger charge is 2.27. The monoisotopic (exact) mass is 199 g/mol. The van der Waals surface area contributed by atoms with Gasteiger partial charge in [0.25, 0.3) is 10.1 Å².